The zero-order valence-electron chi connectivity index (χ0n) is 75.5. The molecule has 126 heavy (non-hydrogen) atoms. The molecule has 4 unspecified atom stereocenters. The number of benzene rings is 2. The summed E-state index contributed by atoms with van der Waals surface area (Å²) in [5.74, 6) is -5.82. The van der Waals surface area contributed by atoms with Crippen LogP contribution in [0.4, 0.5) is 9.59 Å². The summed E-state index contributed by atoms with van der Waals surface area (Å²) >= 11 is 0. The molecule has 0 radical (unpaired) electrons. The van der Waals surface area contributed by atoms with E-state index in [0.717, 1.165) is 0 Å². The number of amides is 8. The Kier molecular flexibility index (Phi) is 70.7. The topological polar surface area (TPSA) is 470 Å². The summed E-state index contributed by atoms with van der Waals surface area (Å²) in [5, 5.41) is 21.1. The van der Waals surface area contributed by atoms with E-state index in [9.17, 15) is 38.4 Å². The molecule has 0 aliphatic heterocycles. The molecule has 0 saturated carbocycles. The summed E-state index contributed by atoms with van der Waals surface area (Å²) in [6.45, 7) is 21.6. The molecule has 8 N–H and O–H groups in total. The molecule has 2 rings (SSSR count). The second-order valence-corrected chi connectivity index (χ2v) is 29.8. The van der Waals surface area contributed by atoms with Gasteiger partial charge in [0, 0.05) is 53.2 Å². The molecule has 0 aromatic heterocycles. The molecule has 2 aromatic carbocycles. The molecule has 40 nitrogen and oxygen atoms in total. The van der Waals surface area contributed by atoms with Crippen molar-refractivity contribution in [3.63, 3.8) is 0 Å². The van der Waals surface area contributed by atoms with E-state index in [-0.39, 0.29) is 156 Å². The van der Waals surface area contributed by atoms with Crippen LogP contribution in [0.2, 0.25) is 0 Å². The van der Waals surface area contributed by atoms with Gasteiger partial charge in [-0.25, -0.2) is 9.59 Å². The van der Waals surface area contributed by atoms with Gasteiger partial charge in [0.05, 0.1) is 211 Å². The number of ether oxygens (including phenoxy) is 22. The Balaban J connectivity index is 2.16. The zero-order chi connectivity index (χ0) is 91.9. The standard InChI is InChI=1S/C86H146N8O32/c1-85(2,3)125-75(97)27-19-31-89-79(99)71(25-15-17-29-87-73(95)67-121-63-61-119-59-57-117-55-53-115-51-49-113-47-45-111-43-41-109-39-37-107-35-33-105-7)91-81(101)77(93-83(103)123-65-69-21-11-9-12-22-69)78(94-84(104)124-66-70-23-13-10-14-24-70)82(102)92-72(80(100)90-32-20-28-76(98)126-86(4,5)6)26-16-18-30-88-74(96)68-122-64-62-120-60-58-118-56-54-116-52-50-114-48-46-112-44-42-110-40-38-108-36-34-106-8/h9-14,21-24,71-72,77-78H,15-20,25-68H2,1-8H3,(H,87,95)(H,88,96)(H,89,99)(H,90,100)(H,91,101)(H,92,102)(H,93,103)(H,94,104). The van der Waals surface area contributed by atoms with Gasteiger partial charge in [0.1, 0.15) is 61.8 Å². The number of hydrogen-bond acceptors (Lipinski definition) is 32. The van der Waals surface area contributed by atoms with Crippen LogP contribution in [-0.2, 0) is 156 Å². The fourth-order valence-corrected chi connectivity index (χ4v) is 10.6. The molecular weight excluding hydrogens is 1660 g/mol. The highest BCUT2D eigenvalue weighted by atomic mass is 16.6. The van der Waals surface area contributed by atoms with Crippen LogP contribution in [0.25, 0.3) is 0 Å². The van der Waals surface area contributed by atoms with Crippen LogP contribution in [0.5, 0.6) is 0 Å². The average molecular weight is 1800 g/mol. The van der Waals surface area contributed by atoms with Crippen LogP contribution >= 0.6 is 0 Å². The molecule has 0 aliphatic rings. The third kappa shape index (κ3) is 70.1. The van der Waals surface area contributed by atoms with E-state index in [1.165, 1.54) is 0 Å². The van der Waals surface area contributed by atoms with E-state index >= 15 is 9.59 Å². The van der Waals surface area contributed by atoms with Crippen molar-refractivity contribution in [2.24, 2.45) is 0 Å². The van der Waals surface area contributed by atoms with Gasteiger partial charge in [-0.1, -0.05) is 60.7 Å². The van der Waals surface area contributed by atoms with Gasteiger partial charge in [0.15, 0.2) is 0 Å². The van der Waals surface area contributed by atoms with E-state index in [1.807, 2.05) is 0 Å². The number of carbonyl (C=O) groups is 10. The number of methoxy groups -OCH3 is 2. The molecule has 0 fully saturated rings. The lowest BCUT2D eigenvalue weighted by atomic mass is 10.0. The molecule has 0 aliphatic carbocycles. The summed E-state index contributed by atoms with van der Waals surface area (Å²) in [6.07, 6.45) is -1.72. The maximum atomic E-state index is 15.2. The van der Waals surface area contributed by atoms with Gasteiger partial charge in [0.2, 0.25) is 35.4 Å². The minimum Gasteiger partial charge on any atom is -0.460 e. The number of alkyl carbamates (subject to hydrolysis) is 2. The predicted octanol–water partition coefficient (Wildman–Crippen LogP) is 3.15. The average Bonchev–Trinajstić information content (AvgIpc) is 0.827. The van der Waals surface area contributed by atoms with Crippen LogP contribution in [0.1, 0.15) is 117 Å². The molecular formula is C86H146N8O32. The third-order valence-electron chi connectivity index (χ3n) is 16.7. The maximum absolute atomic E-state index is 15.2. The van der Waals surface area contributed by atoms with Crippen molar-refractivity contribution < 1.29 is 152 Å². The van der Waals surface area contributed by atoms with Gasteiger partial charge in [0.25, 0.3) is 0 Å². The highest BCUT2D eigenvalue weighted by Crippen LogP contribution is 2.14. The van der Waals surface area contributed by atoms with Crippen molar-refractivity contribution in [3.05, 3.63) is 71.8 Å². The fourth-order valence-electron chi connectivity index (χ4n) is 10.6. The van der Waals surface area contributed by atoms with Crippen LogP contribution in [0.15, 0.2) is 60.7 Å². The lowest BCUT2D eigenvalue weighted by Gasteiger charge is -2.30. The van der Waals surface area contributed by atoms with Gasteiger partial charge in [-0.05, 0) is 104 Å². The van der Waals surface area contributed by atoms with E-state index in [0.29, 0.717) is 183 Å². The van der Waals surface area contributed by atoms with Crippen molar-refractivity contribution in [2.75, 3.05) is 265 Å². The first kappa shape index (κ1) is 114. The quantitative estimate of drug-likeness (QED) is 0.0268. The summed E-state index contributed by atoms with van der Waals surface area (Å²) in [5.41, 5.74) is -0.488. The normalized spacial score (nSPS) is 12.4. The summed E-state index contributed by atoms with van der Waals surface area (Å²) in [6, 6.07) is 9.78. The molecule has 2 aromatic rings. The van der Waals surface area contributed by atoms with Crippen molar-refractivity contribution in [3.8, 4) is 0 Å². The van der Waals surface area contributed by atoms with Crippen molar-refractivity contribution in [1.82, 2.24) is 42.5 Å². The Labute approximate surface area is 742 Å². The molecule has 0 spiro atoms. The number of nitrogens with one attached hydrogen (secondary N) is 8. The monoisotopic (exact) mass is 1800 g/mol. The lowest BCUT2D eigenvalue weighted by Crippen LogP contribution is -2.66. The van der Waals surface area contributed by atoms with Crippen LogP contribution in [-0.4, -0.2) is 360 Å². The predicted molar refractivity (Wildman–Crippen MR) is 458 cm³/mol. The molecule has 0 heterocycles. The molecule has 4 atom stereocenters. The minimum absolute atomic E-state index is 0.0643. The second kappa shape index (κ2) is 78.1. The van der Waals surface area contributed by atoms with Crippen LogP contribution < -0.4 is 42.5 Å². The van der Waals surface area contributed by atoms with Gasteiger partial charge >= 0.3 is 24.1 Å². The van der Waals surface area contributed by atoms with E-state index in [1.54, 1.807) is 116 Å². The fraction of sp³-hybridized carbons (Fsp3) is 0.744. The molecule has 722 valence electrons. The Morgan fingerprint density at radius 2 is 0.532 bits per heavy atom. The van der Waals surface area contributed by atoms with E-state index in [4.69, 9.17) is 104 Å². The van der Waals surface area contributed by atoms with E-state index in [2.05, 4.69) is 42.5 Å². The third-order valence-corrected chi connectivity index (χ3v) is 16.7. The smallest absolute Gasteiger partial charge is 0.408 e. The Hall–Kier alpha value is -7.98. The number of carbonyl (C=O) groups excluding carboxylic acids is 10. The molecule has 0 saturated heterocycles. The van der Waals surface area contributed by atoms with Crippen molar-refractivity contribution >= 4 is 59.6 Å². The first-order valence-corrected chi connectivity index (χ1v) is 43.3. The van der Waals surface area contributed by atoms with Gasteiger partial charge in [-0.15, -0.1) is 0 Å². The lowest BCUT2D eigenvalue weighted by molar-refractivity contribution is -0.156. The maximum Gasteiger partial charge on any atom is 0.408 e. The summed E-state index contributed by atoms with van der Waals surface area (Å²) < 4.78 is 120. The van der Waals surface area contributed by atoms with Crippen molar-refractivity contribution in [1.29, 1.82) is 0 Å². The molecule has 8 amide bonds. The Bertz CT molecular complexity index is 2910. The van der Waals surface area contributed by atoms with E-state index < -0.39 is 94.9 Å². The molecule has 40 heteroatoms. The first-order chi connectivity index (χ1) is 61.0. The summed E-state index contributed by atoms with van der Waals surface area (Å²) in [4.78, 5) is 138. The second-order valence-electron chi connectivity index (χ2n) is 29.8. The first-order valence-electron chi connectivity index (χ1n) is 43.3. The minimum atomic E-state index is -2.15. The Morgan fingerprint density at radius 1 is 0.286 bits per heavy atom. The SMILES string of the molecule is COCCOCCOCCOCCOCCOCCOCCOCCOCC(=O)NCCCCC(NC(=O)C(NC(=O)OCc1ccccc1)C(NC(=O)OCc1ccccc1)C(=O)NC(CCCCNC(=O)COCCOCCOCCOCCOCCOCCOCCOCCOC)C(=O)NCCCC(=O)OC(C)(C)C)C(=O)NCCCC(=O)OC(C)(C)C. The number of hydrogen-bond donors (Lipinski definition) is 8. The largest absolute Gasteiger partial charge is 0.460 e. The van der Waals surface area contributed by atoms with Gasteiger partial charge in [-0.2, -0.15) is 0 Å². The molecule has 0 bridgehead atoms. The Morgan fingerprint density at radius 3 is 0.786 bits per heavy atom. The van der Waals surface area contributed by atoms with Gasteiger partial charge < -0.3 is 147 Å². The summed E-state index contributed by atoms with van der Waals surface area (Å²) in [7, 11) is 3.24. The highest BCUT2D eigenvalue weighted by molar-refractivity contribution is 5.99. The van der Waals surface area contributed by atoms with Crippen molar-refractivity contribution in [2.45, 2.75) is 154 Å². The highest BCUT2D eigenvalue weighted by Gasteiger charge is 2.40. The number of unbranched alkanes of at least 4 members (excludes halogenated alkanes) is 2. The van der Waals surface area contributed by atoms with Gasteiger partial charge in [-0.3, -0.25) is 38.4 Å². The van der Waals surface area contributed by atoms with Crippen LogP contribution in [0, 0.1) is 0 Å². The number of rotatable bonds is 83. The van der Waals surface area contributed by atoms with Crippen LogP contribution in [0.3, 0.4) is 0 Å². The number of esters is 2. The zero-order valence-corrected chi connectivity index (χ0v) is 75.5.